The van der Waals surface area contributed by atoms with E-state index in [0.29, 0.717) is 6.61 Å². The minimum Gasteiger partial charge on any atom is -0.462 e. The number of benzene rings is 2. The summed E-state index contributed by atoms with van der Waals surface area (Å²) in [5.41, 5.74) is 2.73. The third-order valence-electron chi connectivity index (χ3n) is 4.65. The molecule has 1 spiro atoms. The second-order valence-electron chi connectivity index (χ2n) is 5.91. The van der Waals surface area contributed by atoms with Crippen LogP contribution in [0.5, 0.6) is 0 Å². The van der Waals surface area contributed by atoms with Crippen LogP contribution >= 0.6 is 15.9 Å². The van der Waals surface area contributed by atoms with E-state index in [1.165, 1.54) is 5.56 Å². The van der Waals surface area contributed by atoms with Gasteiger partial charge in [-0.05, 0) is 41.7 Å². The summed E-state index contributed by atoms with van der Waals surface area (Å²) < 4.78 is 6.60. The van der Waals surface area contributed by atoms with Crippen molar-refractivity contribution in [2.75, 3.05) is 6.61 Å². The standard InChI is InChI=1S/C18H16BrNO2/c19-14-6-7-15-13(10-14)8-9-18(15)17(21)22-11-16(20-18)12-4-2-1-3-5-12/h1-7,10,16,20H,8-9,11H2/t16-,18+/m1/s1. The Morgan fingerprint density at radius 3 is 2.82 bits per heavy atom. The quantitative estimate of drug-likeness (QED) is 0.794. The van der Waals surface area contributed by atoms with Gasteiger partial charge in [0, 0.05) is 4.47 Å². The molecule has 0 unspecified atom stereocenters. The molecule has 4 heteroatoms. The molecule has 1 saturated heterocycles. The SMILES string of the molecule is O=C1OC[C@H](c2ccccc2)N[C@]12CCc1cc(Br)ccc12. The Bertz CT molecular complexity index is 731. The number of fused-ring (bicyclic) bond motifs is 2. The van der Waals surface area contributed by atoms with E-state index < -0.39 is 5.54 Å². The van der Waals surface area contributed by atoms with Crippen LogP contribution in [0.4, 0.5) is 0 Å². The molecular weight excluding hydrogens is 342 g/mol. The second kappa shape index (κ2) is 5.21. The molecule has 0 radical (unpaired) electrons. The highest BCUT2D eigenvalue weighted by Crippen LogP contribution is 2.42. The predicted molar refractivity (Wildman–Crippen MR) is 87.4 cm³/mol. The third-order valence-corrected chi connectivity index (χ3v) is 5.14. The summed E-state index contributed by atoms with van der Waals surface area (Å²) in [6.45, 7) is 0.385. The van der Waals surface area contributed by atoms with Crippen LogP contribution in [0.15, 0.2) is 53.0 Å². The van der Waals surface area contributed by atoms with Gasteiger partial charge in [-0.3, -0.25) is 5.32 Å². The number of hydrogen-bond donors (Lipinski definition) is 1. The van der Waals surface area contributed by atoms with Gasteiger partial charge in [-0.1, -0.05) is 52.3 Å². The minimum absolute atomic E-state index is 0.0356. The van der Waals surface area contributed by atoms with Crippen molar-refractivity contribution >= 4 is 21.9 Å². The van der Waals surface area contributed by atoms with Gasteiger partial charge in [0.25, 0.3) is 0 Å². The molecular formula is C18H16BrNO2. The van der Waals surface area contributed by atoms with Crippen LogP contribution in [0.2, 0.25) is 0 Å². The summed E-state index contributed by atoms with van der Waals surface area (Å²) in [5.74, 6) is -0.152. The first-order chi connectivity index (χ1) is 10.7. The monoisotopic (exact) mass is 357 g/mol. The Kier molecular flexibility index (Phi) is 3.31. The van der Waals surface area contributed by atoms with Gasteiger partial charge in [0.2, 0.25) is 0 Å². The van der Waals surface area contributed by atoms with Crippen molar-refractivity contribution in [2.45, 2.75) is 24.4 Å². The Balaban J connectivity index is 1.74. The van der Waals surface area contributed by atoms with E-state index in [0.717, 1.165) is 28.4 Å². The normalized spacial score (nSPS) is 26.8. The smallest absolute Gasteiger partial charge is 0.331 e. The molecule has 0 bridgehead atoms. The number of nitrogens with one attached hydrogen (secondary N) is 1. The maximum absolute atomic E-state index is 12.5. The van der Waals surface area contributed by atoms with Crippen LogP contribution in [0.25, 0.3) is 0 Å². The fraction of sp³-hybridized carbons (Fsp3) is 0.278. The van der Waals surface area contributed by atoms with Crippen LogP contribution in [0, 0.1) is 0 Å². The highest BCUT2D eigenvalue weighted by atomic mass is 79.9. The van der Waals surface area contributed by atoms with Gasteiger partial charge in [0.15, 0.2) is 0 Å². The Hall–Kier alpha value is -1.65. The number of ether oxygens (including phenoxy) is 1. The van der Waals surface area contributed by atoms with Crippen molar-refractivity contribution in [3.05, 3.63) is 69.7 Å². The highest BCUT2D eigenvalue weighted by molar-refractivity contribution is 9.10. The molecule has 0 aromatic heterocycles. The van der Waals surface area contributed by atoms with Gasteiger partial charge in [-0.15, -0.1) is 0 Å². The van der Waals surface area contributed by atoms with E-state index in [2.05, 4.69) is 39.4 Å². The summed E-state index contributed by atoms with van der Waals surface area (Å²) in [4.78, 5) is 12.5. The van der Waals surface area contributed by atoms with Crippen molar-refractivity contribution in [2.24, 2.45) is 0 Å². The third kappa shape index (κ3) is 2.09. The number of cyclic esters (lactones) is 1. The zero-order valence-electron chi connectivity index (χ0n) is 12.0. The van der Waals surface area contributed by atoms with Crippen LogP contribution in [0.3, 0.4) is 0 Å². The van der Waals surface area contributed by atoms with Crippen molar-refractivity contribution < 1.29 is 9.53 Å². The average molecular weight is 358 g/mol. The molecule has 0 saturated carbocycles. The molecule has 1 fully saturated rings. The van der Waals surface area contributed by atoms with Crippen molar-refractivity contribution in [1.29, 1.82) is 0 Å². The fourth-order valence-electron chi connectivity index (χ4n) is 3.55. The van der Waals surface area contributed by atoms with Crippen molar-refractivity contribution in [3.63, 3.8) is 0 Å². The first-order valence-corrected chi connectivity index (χ1v) is 8.27. The maximum atomic E-state index is 12.5. The van der Waals surface area contributed by atoms with Gasteiger partial charge in [-0.2, -0.15) is 0 Å². The molecule has 2 atom stereocenters. The number of carbonyl (C=O) groups excluding carboxylic acids is 1. The zero-order chi connectivity index (χ0) is 15.2. The summed E-state index contributed by atoms with van der Waals surface area (Å²) in [7, 11) is 0. The number of hydrogen-bond acceptors (Lipinski definition) is 3. The predicted octanol–water partition coefficient (Wildman–Crippen LogP) is 3.48. The van der Waals surface area contributed by atoms with Crippen molar-refractivity contribution in [1.82, 2.24) is 5.32 Å². The van der Waals surface area contributed by atoms with Crippen LogP contribution in [-0.4, -0.2) is 12.6 Å². The number of carbonyl (C=O) groups is 1. The molecule has 2 aliphatic rings. The van der Waals surface area contributed by atoms with E-state index >= 15 is 0 Å². The van der Waals surface area contributed by atoms with Gasteiger partial charge in [0.1, 0.15) is 12.1 Å². The lowest BCUT2D eigenvalue weighted by Gasteiger charge is -2.38. The molecule has 2 aromatic rings. The molecule has 1 aliphatic carbocycles. The minimum atomic E-state index is -0.700. The molecule has 0 amide bonds. The lowest BCUT2D eigenvalue weighted by molar-refractivity contribution is -0.159. The first kappa shape index (κ1) is 14.0. The molecule has 1 N–H and O–H groups in total. The topological polar surface area (TPSA) is 38.3 Å². The average Bonchev–Trinajstić information content (AvgIpc) is 2.90. The Morgan fingerprint density at radius 1 is 1.18 bits per heavy atom. The molecule has 4 rings (SSSR count). The van der Waals surface area contributed by atoms with Gasteiger partial charge in [0.05, 0.1) is 6.04 Å². The summed E-state index contributed by atoms with van der Waals surface area (Å²) in [6.07, 6.45) is 1.64. The molecule has 3 nitrogen and oxygen atoms in total. The number of esters is 1. The van der Waals surface area contributed by atoms with Gasteiger partial charge < -0.3 is 4.74 Å². The number of morpholine rings is 1. The Labute approximate surface area is 137 Å². The van der Waals surface area contributed by atoms with Crippen LogP contribution in [0.1, 0.15) is 29.2 Å². The largest absolute Gasteiger partial charge is 0.462 e. The van der Waals surface area contributed by atoms with Crippen molar-refractivity contribution in [3.8, 4) is 0 Å². The molecule has 22 heavy (non-hydrogen) atoms. The molecule has 112 valence electrons. The number of halogens is 1. The van der Waals surface area contributed by atoms with E-state index in [1.54, 1.807) is 0 Å². The summed E-state index contributed by atoms with van der Waals surface area (Å²) >= 11 is 3.50. The highest BCUT2D eigenvalue weighted by Gasteiger charge is 2.50. The lowest BCUT2D eigenvalue weighted by Crippen LogP contribution is -2.55. The maximum Gasteiger partial charge on any atom is 0.331 e. The molecule has 1 aliphatic heterocycles. The summed E-state index contributed by atoms with van der Waals surface area (Å²) in [6, 6.07) is 16.3. The van der Waals surface area contributed by atoms with Crippen LogP contribution < -0.4 is 5.32 Å². The fourth-order valence-corrected chi connectivity index (χ4v) is 3.96. The van der Waals surface area contributed by atoms with Gasteiger partial charge >= 0.3 is 5.97 Å². The molecule has 2 aromatic carbocycles. The summed E-state index contributed by atoms with van der Waals surface area (Å²) in [5, 5.41) is 3.58. The zero-order valence-corrected chi connectivity index (χ0v) is 13.6. The van der Waals surface area contributed by atoms with Gasteiger partial charge in [-0.25, -0.2) is 4.79 Å². The second-order valence-corrected chi connectivity index (χ2v) is 6.83. The Morgan fingerprint density at radius 2 is 2.00 bits per heavy atom. The van der Waals surface area contributed by atoms with E-state index in [-0.39, 0.29) is 12.0 Å². The van der Waals surface area contributed by atoms with E-state index in [9.17, 15) is 4.79 Å². The van der Waals surface area contributed by atoms with Crippen LogP contribution in [-0.2, 0) is 21.5 Å². The van der Waals surface area contributed by atoms with E-state index in [4.69, 9.17) is 4.74 Å². The van der Waals surface area contributed by atoms with E-state index in [1.807, 2.05) is 30.3 Å². The lowest BCUT2D eigenvalue weighted by atomic mass is 9.88. The first-order valence-electron chi connectivity index (χ1n) is 7.48. The number of aryl methyl sites for hydroxylation is 1. The number of rotatable bonds is 1. The molecule has 1 heterocycles.